The summed E-state index contributed by atoms with van der Waals surface area (Å²) in [5, 5.41) is 11.2. The molecule has 0 radical (unpaired) electrons. The highest BCUT2D eigenvalue weighted by atomic mass is 19.2. The summed E-state index contributed by atoms with van der Waals surface area (Å²) >= 11 is 0. The number of amides is 1. The van der Waals surface area contributed by atoms with Crippen LogP contribution in [0, 0.1) is 17.6 Å². The van der Waals surface area contributed by atoms with Crippen LogP contribution in [0.5, 0.6) is 0 Å². The zero-order valence-electron chi connectivity index (χ0n) is 14.7. The van der Waals surface area contributed by atoms with Gasteiger partial charge < -0.3 is 4.90 Å². The molecule has 4 rings (SSSR count). The first-order valence-electron chi connectivity index (χ1n) is 9.01. The third kappa shape index (κ3) is 3.79. The molecule has 1 aliphatic heterocycles. The first-order valence-corrected chi connectivity index (χ1v) is 9.01. The summed E-state index contributed by atoms with van der Waals surface area (Å²) in [6.07, 6.45) is 5.10. The highest BCUT2D eigenvalue weighted by Crippen LogP contribution is 2.23. The van der Waals surface area contributed by atoms with E-state index in [1.807, 2.05) is 4.90 Å². The fourth-order valence-corrected chi connectivity index (χ4v) is 3.60. The lowest BCUT2D eigenvalue weighted by atomic mass is 9.91. The van der Waals surface area contributed by atoms with E-state index in [4.69, 9.17) is 0 Å². The Bertz CT molecular complexity index is 974. The molecule has 0 bridgehead atoms. The fourth-order valence-electron chi connectivity index (χ4n) is 3.60. The molecule has 0 spiro atoms. The molecular formula is C19H19F2N5O. The number of carbonyl (C=O) groups is 1. The van der Waals surface area contributed by atoms with E-state index in [0.717, 1.165) is 30.9 Å². The Labute approximate surface area is 154 Å². The van der Waals surface area contributed by atoms with Crippen molar-refractivity contribution in [3.8, 4) is 0 Å². The average molecular weight is 371 g/mol. The number of hydrogen-bond donors (Lipinski definition) is 0. The van der Waals surface area contributed by atoms with E-state index < -0.39 is 11.6 Å². The van der Waals surface area contributed by atoms with Crippen molar-refractivity contribution in [1.29, 1.82) is 0 Å². The summed E-state index contributed by atoms with van der Waals surface area (Å²) in [4.78, 5) is 14.7. The minimum absolute atomic E-state index is 0.0371. The van der Waals surface area contributed by atoms with Crippen LogP contribution >= 0.6 is 0 Å². The molecule has 1 aromatic carbocycles. The molecule has 0 saturated carbocycles. The van der Waals surface area contributed by atoms with Gasteiger partial charge in [0.25, 0.3) is 5.91 Å². The van der Waals surface area contributed by atoms with E-state index in [1.54, 1.807) is 24.4 Å². The summed E-state index contributed by atoms with van der Waals surface area (Å²) in [6.45, 7) is 1.38. The second-order valence-electron chi connectivity index (χ2n) is 6.95. The summed E-state index contributed by atoms with van der Waals surface area (Å²) in [6, 6.07) is 7.49. The van der Waals surface area contributed by atoms with Crippen LogP contribution < -0.4 is 0 Å². The molecule has 0 unspecified atom stereocenters. The molecule has 140 valence electrons. The van der Waals surface area contributed by atoms with Crippen LogP contribution in [-0.2, 0) is 6.42 Å². The van der Waals surface area contributed by atoms with Crippen LogP contribution in [0.2, 0.25) is 0 Å². The number of hydrogen-bond acceptors (Lipinski definition) is 4. The van der Waals surface area contributed by atoms with E-state index in [-0.39, 0.29) is 5.91 Å². The highest BCUT2D eigenvalue weighted by molar-refractivity contribution is 5.94. The quantitative estimate of drug-likeness (QED) is 0.707. The number of likely N-dealkylation sites (tertiary alicyclic amines) is 1. The first-order chi connectivity index (χ1) is 13.1. The maximum absolute atomic E-state index is 13.3. The number of pyridine rings is 1. The summed E-state index contributed by atoms with van der Waals surface area (Å²) in [5.41, 5.74) is 1.92. The third-order valence-corrected chi connectivity index (χ3v) is 5.07. The van der Waals surface area contributed by atoms with Gasteiger partial charge in [-0.1, -0.05) is 6.07 Å². The van der Waals surface area contributed by atoms with Crippen molar-refractivity contribution in [2.24, 2.45) is 5.92 Å². The van der Waals surface area contributed by atoms with Crippen molar-refractivity contribution in [3.05, 3.63) is 59.3 Å². The molecule has 0 N–H and O–H groups in total. The maximum Gasteiger partial charge on any atom is 0.255 e. The van der Waals surface area contributed by atoms with Gasteiger partial charge in [-0.2, -0.15) is 4.52 Å². The number of tetrazole rings is 1. The Morgan fingerprint density at radius 3 is 2.93 bits per heavy atom. The van der Waals surface area contributed by atoms with Gasteiger partial charge in [-0.05, 0) is 71.9 Å². The molecule has 8 heteroatoms. The van der Waals surface area contributed by atoms with Gasteiger partial charge in [-0.3, -0.25) is 4.79 Å². The smallest absolute Gasteiger partial charge is 0.255 e. The Balaban J connectivity index is 1.39. The van der Waals surface area contributed by atoms with Crippen molar-refractivity contribution < 1.29 is 13.6 Å². The number of carbonyl (C=O) groups excluding carboxylic acids is 1. The lowest BCUT2D eigenvalue weighted by molar-refractivity contribution is 0.0667. The molecule has 2 aromatic heterocycles. The van der Waals surface area contributed by atoms with Crippen molar-refractivity contribution >= 4 is 11.6 Å². The summed E-state index contributed by atoms with van der Waals surface area (Å²) in [7, 11) is 0. The van der Waals surface area contributed by atoms with Crippen molar-refractivity contribution in [2.75, 3.05) is 13.1 Å². The predicted octanol–water partition coefficient (Wildman–Crippen LogP) is 2.89. The lowest BCUT2D eigenvalue weighted by Gasteiger charge is -2.33. The molecule has 27 heavy (non-hydrogen) atoms. The van der Waals surface area contributed by atoms with Crippen LogP contribution in [0.15, 0.2) is 36.5 Å². The van der Waals surface area contributed by atoms with Gasteiger partial charge in [-0.15, -0.1) is 5.10 Å². The molecule has 1 aliphatic rings. The Hall–Kier alpha value is -2.90. The largest absolute Gasteiger partial charge is 0.338 e. The van der Waals surface area contributed by atoms with Crippen molar-refractivity contribution in [2.45, 2.75) is 25.7 Å². The summed E-state index contributed by atoms with van der Waals surface area (Å²) in [5.74, 6) is -1.34. The standard InChI is InChI=1S/C19H19F2N5O/c20-16-7-5-13(10-17(16)21)3-4-14-2-1-9-25(11-14)19(27)15-6-8-18-22-23-24-26(18)12-15/h5-8,10,12,14H,1-4,9,11H2/t14-/m0/s1. The zero-order chi connectivity index (χ0) is 18.8. The number of benzene rings is 1. The minimum atomic E-state index is -0.826. The number of piperidine rings is 1. The third-order valence-electron chi connectivity index (χ3n) is 5.07. The minimum Gasteiger partial charge on any atom is -0.338 e. The first kappa shape index (κ1) is 17.5. The molecule has 1 saturated heterocycles. The number of nitrogens with zero attached hydrogens (tertiary/aromatic N) is 5. The Morgan fingerprint density at radius 2 is 2.07 bits per heavy atom. The molecule has 1 atom stereocenters. The van der Waals surface area contributed by atoms with Gasteiger partial charge >= 0.3 is 0 Å². The van der Waals surface area contributed by atoms with Gasteiger partial charge in [0.15, 0.2) is 17.3 Å². The summed E-state index contributed by atoms with van der Waals surface area (Å²) < 4.78 is 27.9. The number of aromatic nitrogens is 4. The predicted molar refractivity (Wildman–Crippen MR) is 94.1 cm³/mol. The van der Waals surface area contributed by atoms with Crippen LogP contribution in [-0.4, -0.2) is 43.9 Å². The zero-order valence-corrected chi connectivity index (χ0v) is 14.7. The Morgan fingerprint density at radius 1 is 1.19 bits per heavy atom. The molecule has 6 nitrogen and oxygen atoms in total. The second-order valence-corrected chi connectivity index (χ2v) is 6.95. The topological polar surface area (TPSA) is 63.4 Å². The normalized spacial score (nSPS) is 17.4. The lowest BCUT2D eigenvalue weighted by Crippen LogP contribution is -2.40. The molecule has 1 fully saturated rings. The van der Waals surface area contributed by atoms with E-state index in [9.17, 15) is 13.6 Å². The van der Waals surface area contributed by atoms with Gasteiger partial charge in [-0.25, -0.2) is 8.78 Å². The van der Waals surface area contributed by atoms with Crippen LogP contribution in [0.3, 0.4) is 0 Å². The second kappa shape index (κ2) is 7.38. The van der Waals surface area contributed by atoms with E-state index >= 15 is 0 Å². The van der Waals surface area contributed by atoms with Crippen LogP contribution in [0.4, 0.5) is 8.78 Å². The number of rotatable bonds is 4. The number of halogens is 2. The Kier molecular flexibility index (Phi) is 4.79. The van der Waals surface area contributed by atoms with Gasteiger partial charge in [0.1, 0.15) is 0 Å². The molecular weight excluding hydrogens is 352 g/mol. The van der Waals surface area contributed by atoms with Crippen LogP contribution in [0.25, 0.3) is 5.65 Å². The van der Waals surface area contributed by atoms with E-state index in [2.05, 4.69) is 15.5 Å². The fraction of sp³-hybridized carbons (Fsp3) is 0.368. The van der Waals surface area contributed by atoms with Crippen molar-refractivity contribution in [3.63, 3.8) is 0 Å². The molecule has 1 amide bonds. The molecule has 3 heterocycles. The highest BCUT2D eigenvalue weighted by Gasteiger charge is 2.25. The maximum atomic E-state index is 13.3. The molecule has 0 aliphatic carbocycles. The van der Waals surface area contributed by atoms with E-state index in [1.165, 1.54) is 10.6 Å². The monoisotopic (exact) mass is 371 g/mol. The van der Waals surface area contributed by atoms with E-state index in [0.29, 0.717) is 36.6 Å². The van der Waals surface area contributed by atoms with Crippen molar-refractivity contribution in [1.82, 2.24) is 24.9 Å². The van der Waals surface area contributed by atoms with Gasteiger partial charge in [0.05, 0.1) is 5.56 Å². The SMILES string of the molecule is O=C(c1ccc2nnnn2c1)N1CCC[C@@H](CCc2ccc(F)c(F)c2)C1. The number of aryl methyl sites for hydroxylation is 1. The molecule has 3 aromatic rings. The van der Waals surface area contributed by atoms with Gasteiger partial charge in [0.2, 0.25) is 0 Å². The number of fused-ring (bicyclic) bond motifs is 1. The van der Waals surface area contributed by atoms with Gasteiger partial charge in [0, 0.05) is 19.3 Å². The average Bonchev–Trinajstić information content (AvgIpc) is 3.16. The van der Waals surface area contributed by atoms with Crippen LogP contribution in [0.1, 0.15) is 35.2 Å².